The summed E-state index contributed by atoms with van der Waals surface area (Å²) in [6, 6.07) is 28.6. The van der Waals surface area contributed by atoms with E-state index >= 15 is 0 Å². The molecule has 0 saturated carbocycles. The lowest BCUT2D eigenvalue weighted by Gasteiger charge is -2.36. The van der Waals surface area contributed by atoms with E-state index < -0.39 is 14.1 Å². The van der Waals surface area contributed by atoms with Gasteiger partial charge in [0.1, 0.15) is 40.9 Å². The van der Waals surface area contributed by atoms with Gasteiger partial charge in [0.25, 0.3) is 8.53 Å². The number of aromatic nitrogens is 4. The van der Waals surface area contributed by atoms with Crippen LogP contribution in [0, 0.1) is 18.3 Å². The standard InChI is InChI=1S/C39H47N6O5P/c1-28(2)45(29(3)4)51(49-24-11-22-40)50-25-23-44-37(43-36-26-41-30(5)42-38(36)44)27-48-39(31-12-9-8-10-13-31,32-14-18-34(46-6)19-15-32)33-16-20-35(47-7)21-17-33/h8-10,12-21,26,28-29H,11,23-25,27H2,1-7H3. The molecule has 0 radical (unpaired) electrons. The normalized spacial score (nSPS) is 12.5. The Morgan fingerprint density at radius 2 is 1.37 bits per heavy atom. The molecule has 0 N–H and O–H groups in total. The van der Waals surface area contributed by atoms with Gasteiger partial charge in [0.2, 0.25) is 0 Å². The molecule has 12 heteroatoms. The number of aryl methyl sites for hydroxylation is 1. The van der Waals surface area contributed by atoms with Crippen LogP contribution < -0.4 is 9.47 Å². The second-order valence-corrected chi connectivity index (χ2v) is 13.9. The fourth-order valence-electron chi connectivity index (χ4n) is 6.17. The smallest absolute Gasteiger partial charge is 0.259 e. The third-order valence-electron chi connectivity index (χ3n) is 8.46. The molecule has 1 atom stereocenters. The number of methoxy groups -OCH3 is 2. The molecule has 268 valence electrons. The number of ether oxygens (including phenoxy) is 3. The lowest BCUT2D eigenvalue weighted by Crippen LogP contribution is -2.34. The van der Waals surface area contributed by atoms with E-state index in [1.165, 1.54) is 0 Å². The molecule has 0 bridgehead atoms. The lowest BCUT2D eigenvalue weighted by molar-refractivity contribution is -0.00456. The summed E-state index contributed by atoms with van der Waals surface area (Å²) in [5.41, 5.74) is 3.12. The summed E-state index contributed by atoms with van der Waals surface area (Å²) in [5.74, 6) is 2.81. The maximum absolute atomic E-state index is 9.14. The van der Waals surface area contributed by atoms with Crippen molar-refractivity contribution in [3.63, 3.8) is 0 Å². The van der Waals surface area contributed by atoms with Gasteiger partial charge in [-0.2, -0.15) is 5.26 Å². The van der Waals surface area contributed by atoms with Crippen molar-refractivity contribution in [1.29, 1.82) is 5.26 Å². The molecule has 1 unspecified atom stereocenters. The highest BCUT2D eigenvalue weighted by Gasteiger charge is 2.38. The fraction of sp³-hybridized carbons (Fsp3) is 0.385. The van der Waals surface area contributed by atoms with Crippen LogP contribution in [0.25, 0.3) is 11.2 Å². The maximum Gasteiger partial charge on any atom is 0.259 e. The van der Waals surface area contributed by atoms with Crippen LogP contribution in [0.2, 0.25) is 0 Å². The minimum Gasteiger partial charge on any atom is -0.497 e. The van der Waals surface area contributed by atoms with Crippen molar-refractivity contribution in [2.45, 2.75) is 71.9 Å². The van der Waals surface area contributed by atoms with Crippen LogP contribution in [-0.2, 0) is 32.5 Å². The van der Waals surface area contributed by atoms with E-state index in [1.54, 1.807) is 20.4 Å². The van der Waals surface area contributed by atoms with Gasteiger partial charge in [-0.1, -0.05) is 54.6 Å². The van der Waals surface area contributed by atoms with Crippen LogP contribution >= 0.6 is 8.53 Å². The molecule has 0 saturated heterocycles. The average molecular weight is 711 g/mol. The zero-order chi connectivity index (χ0) is 36.4. The molecule has 11 nitrogen and oxygen atoms in total. The number of rotatable bonds is 18. The highest BCUT2D eigenvalue weighted by Crippen LogP contribution is 2.46. The predicted molar refractivity (Wildman–Crippen MR) is 198 cm³/mol. The summed E-state index contributed by atoms with van der Waals surface area (Å²) >= 11 is 0. The summed E-state index contributed by atoms with van der Waals surface area (Å²) in [4.78, 5) is 14.2. The van der Waals surface area contributed by atoms with Gasteiger partial charge >= 0.3 is 0 Å². The van der Waals surface area contributed by atoms with Gasteiger partial charge in [0.15, 0.2) is 5.65 Å². The molecule has 3 aromatic carbocycles. The monoisotopic (exact) mass is 710 g/mol. The molecular weight excluding hydrogens is 663 g/mol. The minimum atomic E-state index is -1.42. The highest BCUT2D eigenvalue weighted by molar-refractivity contribution is 7.44. The number of nitrogens with zero attached hydrogens (tertiary/aromatic N) is 6. The Bertz CT molecular complexity index is 1820. The lowest BCUT2D eigenvalue weighted by atomic mass is 9.80. The molecule has 51 heavy (non-hydrogen) atoms. The van der Waals surface area contributed by atoms with Crippen molar-refractivity contribution in [2.75, 3.05) is 27.4 Å². The first-order valence-electron chi connectivity index (χ1n) is 17.1. The Kier molecular flexibility index (Phi) is 13.1. The van der Waals surface area contributed by atoms with Crippen LogP contribution in [0.3, 0.4) is 0 Å². The van der Waals surface area contributed by atoms with E-state index in [0.717, 1.165) is 28.2 Å². The van der Waals surface area contributed by atoms with Crippen LogP contribution in [0.1, 0.15) is 62.5 Å². The minimum absolute atomic E-state index is 0.139. The molecule has 0 spiro atoms. The molecule has 2 aromatic heterocycles. The molecule has 5 rings (SSSR count). The molecular formula is C39H47N6O5P. The van der Waals surface area contributed by atoms with Crippen LogP contribution in [0.5, 0.6) is 11.5 Å². The summed E-state index contributed by atoms with van der Waals surface area (Å²) in [6.45, 7) is 11.6. The summed E-state index contributed by atoms with van der Waals surface area (Å²) in [5, 5.41) is 9.14. The largest absolute Gasteiger partial charge is 0.497 e. The quantitative estimate of drug-likeness (QED) is 0.0504. The van der Waals surface area contributed by atoms with Crippen LogP contribution in [0.4, 0.5) is 0 Å². The Morgan fingerprint density at radius 3 is 1.92 bits per heavy atom. The van der Waals surface area contributed by atoms with Crippen molar-refractivity contribution in [3.05, 3.63) is 113 Å². The van der Waals surface area contributed by atoms with E-state index in [4.69, 9.17) is 38.5 Å². The second kappa shape index (κ2) is 17.7. The molecule has 0 aliphatic rings. The number of hydrogen-bond donors (Lipinski definition) is 0. The van der Waals surface area contributed by atoms with E-state index in [1.807, 2.05) is 78.2 Å². The number of hydrogen-bond acceptors (Lipinski definition) is 10. The first-order valence-corrected chi connectivity index (χ1v) is 18.2. The van der Waals surface area contributed by atoms with Crippen LogP contribution in [0.15, 0.2) is 85.1 Å². The number of nitriles is 1. The van der Waals surface area contributed by atoms with Gasteiger partial charge in [-0.3, -0.25) is 0 Å². The predicted octanol–water partition coefficient (Wildman–Crippen LogP) is 7.95. The maximum atomic E-state index is 9.14. The van der Waals surface area contributed by atoms with Gasteiger partial charge in [0.05, 0.1) is 46.1 Å². The summed E-state index contributed by atoms with van der Waals surface area (Å²) < 4.78 is 35.1. The Hall–Kier alpha value is -4.43. The molecule has 5 aromatic rings. The summed E-state index contributed by atoms with van der Waals surface area (Å²) in [6.07, 6.45) is 2.04. The van der Waals surface area contributed by atoms with Crippen molar-refractivity contribution in [1.82, 2.24) is 24.2 Å². The molecule has 0 aliphatic carbocycles. The van der Waals surface area contributed by atoms with E-state index in [0.29, 0.717) is 49.0 Å². The topological polar surface area (TPSA) is 117 Å². The molecule has 0 aliphatic heterocycles. The molecule has 0 amide bonds. The van der Waals surface area contributed by atoms with E-state index in [9.17, 15) is 0 Å². The van der Waals surface area contributed by atoms with Gasteiger partial charge in [-0.15, -0.1) is 0 Å². The van der Waals surface area contributed by atoms with Crippen molar-refractivity contribution in [2.24, 2.45) is 0 Å². The Balaban J connectivity index is 1.54. The third kappa shape index (κ3) is 8.73. The first kappa shape index (κ1) is 37.8. The van der Waals surface area contributed by atoms with Gasteiger partial charge in [-0.25, -0.2) is 19.6 Å². The average Bonchev–Trinajstić information content (AvgIpc) is 3.48. The Morgan fingerprint density at radius 1 is 0.804 bits per heavy atom. The zero-order valence-electron chi connectivity index (χ0n) is 30.4. The Labute approximate surface area is 302 Å². The fourth-order valence-corrected chi connectivity index (χ4v) is 7.75. The SMILES string of the molecule is COc1ccc(C(OCc2nc3cnc(C)nc3n2CCOP(OCCC#N)N(C(C)C)C(C)C)(c2ccccc2)c2ccc(OC)cc2)cc1. The van der Waals surface area contributed by atoms with Crippen molar-refractivity contribution >= 4 is 19.7 Å². The number of imidazole rings is 1. The van der Waals surface area contributed by atoms with Crippen molar-refractivity contribution in [3.8, 4) is 17.6 Å². The van der Waals surface area contributed by atoms with E-state index in [2.05, 4.69) is 55.6 Å². The molecule has 2 heterocycles. The molecule has 0 fully saturated rings. The van der Waals surface area contributed by atoms with Gasteiger partial charge in [-0.05, 0) is 75.6 Å². The van der Waals surface area contributed by atoms with Gasteiger partial charge < -0.3 is 27.8 Å². The number of benzene rings is 3. The van der Waals surface area contributed by atoms with Crippen molar-refractivity contribution < 1.29 is 23.3 Å². The number of fused-ring (bicyclic) bond motifs is 1. The zero-order valence-corrected chi connectivity index (χ0v) is 31.3. The first-order chi connectivity index (χ1) is 24.7. The summed E-state index contributed by atoms with van der Waals surface area (Å²) in [7, 11) is 1.89. The highest BCUT2D eigenvalue weighted by atomic mass is 31.2. The third-order valence-corrected chi connectivity index (χ3v) is 10.6. The van der Waals surface area contributed by atoms with Gasteiger partial charge in [0, 0.05) is 18.6 Å². The van der Waals surface area contributed by atoms with E-state index in [-0.39, 0.29) is 18.7 Å². The second-order valence-electron chi connectivity index (χ2n) is 12.5. The van der Waals surface area contributed by atoms with Crippen LogP contribution in [-0.4, -0.2) is 63.7 Å².